The van der Waals surface area contributed by atoms with Crippen LogP contribution >= 0.6 is 0 Å². The predicted octanol–water partition coefficient (Wildman–Crippen LogP) is 16.7. The van der Waals surface area contributed by atoms with Crippen LogP contribution < -0.4 is 16.4 Å². The summed E-state index contributed by atoms with van der Waals surface area (Å²) < 4.78 is 7.74. The van der Waals surface area contributed by atoms with E-state index in [0.29, 0.717) is 0 Å². The summed E-state index contributed by atoms with van der Waals surface area (Å²) in [5, 5.41) is 23.3. The van der Waals surface area contributed by atoms with Gasteiger partial charge >= 0.3 is 0 Å². The Morgan fingerprint density at radius 3 is 1.36 bits per heavy atom. The third-order valence-corrected chi connectivity index (χ3v) is 17.9. The van der Waals surface area contributed by atoms with Crippen LogP contribution in [0.5, 0.6) is 0 Å². The van der Waals surface area contributed by atoms with Crippen LogP contribution in [-0.2, 0) is 0 Å². The predicted molar refractivity (Wildman–Crippen MR) is 325 cm³/mol. The van der Waals surface area contributed by atoms with Gasteiger partial charge in [0.25, 0.3) is 6.71 Å². The van der Waals surface area contributed by atoms with Crippen molar-refractivity contribution in [3.8, 4) is 28.2 Å². The molecule has 0 N–H and O–H groups in total. The summed E-state index contributed by atoms with van der Waals surface area (Å²) in [5.74, 6) is 0. The van der Waals surface area contributed by atoms with E-state index in [4.69, 9.17) is 0 Å². The number of benzene rings is 14. The molecule has 19 rings (SSSR count). The molecule has 17 aromatic rings. The van der Waals surface area contributed by atoms with Crippen molar-refractivity contribution in [1.29, 1.82) is 0 Å². The van der Waals surface area contributed by atoms with Gasteiger partial charge in [-0.2, -0.15) is 0 Å². The molecule has 0 aliphatic carbocycles. The monoisotopic (exact) mass is 957 g/mol. The molecule has 0 saturated heterocycles. The standard InChI is InChI=1S/C72H40BN3/c1-4-23-48-44(19-1)45-20-2-5-24-49(45)56-40-66-57(38-55(48)56)59-39-58-50-25-6-3-21-46(50)47-22-7-8-28-53(47)67(58)70-71(59)76(66)65-34-16-33-64-69(65)73(70)60-36-35-43(68-54-29-11-14-32-63(54)75(64)72(60)68)41-17-15-18-42(37-41)74-61-30-12-9-26-51(61)52-27-10-13-31-62(52)74/h1-40H. The van der Waals surface area contributed by atoms with Crippen LogP contribution in [0.2, 0.25) is 0 Å². The maximum absolute atomic E-state index is 2.67. The third-order valence-electron chi connectivity index (χ3n) is 17.9. The lowest BCUT2D eigenvalue weighted by atomic mass is 9.33. The highest BCUT2D eigenvalue weighted by Crippen LogP contribution is 2.47. The van der Waals surface area contributed by atoms with E-state index in [1.54, 1.807) is 0 Å². The second kappa shape index (κ2) is 14.0. The van der Waals surface area contributed by atoms with E-state index in [9.17, 15) is 0 Å². The van der Waals surface area contributed by atoms with Gasteiger partial charge in [0.1, 0.15) is 0 Å². The Bertz CT molecular complexity index is 5500. The maximum atomic E-state index is 2.67. The SMILES string of the molecule is c1cc(-c2ccc3c4c2c2ccccc2n4-c2cccc4c2B3c2c3c5ccccc5c5ccccc5c3cc3c5cc6c7ccccc7c7ccccc7c6cc5n-4c23)cc(-n2c3ccccc3c3ccccc32)c1. The first kappa shape index (κ1) is 39.6. The van der Waals surface area contributed by atoms with E-state index in [0.717, 1.165) is 5.69 Å². The van der Waals surface area contributed by atoms with E-state index in [-0.39, 0.29) is 6.71 Å². The number of fused-ring (bicyclic) bond motifs is 26. The lowest BCUT2D eigenvalue weighted by molar-refractivity contribution is 1.14. The minimum absolute atomic E-state index is 0.0628. The largest absolute Gasteiger partial charge is 0.310 e. The number of hydrogen-bond donors (Lipinski definition) is 0. The zero-order valence-corrected chi connectivity index (χ0v) is 41.0. The van der Waals surface area contributed by atoms with Crippen LogP contribution in [0.1, 0.15) is 0 Å². The molecule has 0 spiro atoms. The molecule has 3 aromatic heterocycles. The van der Waals surface area contributed by atoms with Crippen molar-refractivity contribution in [3.63, 3.8) is 0 Å². The van der Waals surface area contributed by atoms with Crippen LogP contribution in [0, 0.1) is 0 Å². The fourth-order valence-corrected chi connectivity index (χ4v) is 15.1. The van der Waals surface area contributed by atoms with Crippen LogP contribution in [0.25, 0.3) is 158 Å². The van der Waals surface area contributed by atoms with E-state index in [1.165, 1.54) is 169 Å². The highest BCUT2D eigenvalue weighted by atomic mass is 15.0. The lowest BCUT2D eigenvalue weighted by Gasteiger charge is -2.34. The van der Waals surface area contributed by atoms with Gasteiger partial charge in [-0.15, -0.1) is 0 Å². The molecule has 0 amide bonds. The Morgan fingerprint density at radius 1 is 0.250 bits per heavy atom. The van der Waals surface area contributed by atoms with Crippen LogP contribution in [0.4, 0.5) is 0 Å². The molecular formula is C72H40BN3. The zero-order valence-electron chi connectivity index (χ0n) is 41.0. The summed E-state index contributed by atoms with van der Waals surface area (Å²) in [7, 11) is 0. The van der Waals surface area contributed by atoms with Crippen LogP contribution in [0.3, 0.4) is 0 Å². The molecule has 0 radical (unpaired) electrons. The van der Waals surface area contributed by atoms with Crippen molar-refractivity contribution >= 4 is 153 Å². The number of para-hydroxylation sites is 3. The Balaban J connectivity index is 0.979. The van der Waals surface area contributed by atoms with Crippen molar-refractivity contribution in [2.24, 2.45) is 0 Å². The molecule has 5 heterocycles. The first-order valence-electron chi connectivity index (χ1n) is 26.6. The van der Waals surface area contributed by atoms with Crippen LogP contribution in [0.15, 0.2) is 243 Å². The van der Waals surface area contributed by atoms with Crippen LogP contribution in [-0.4, -0.2) is 20.4 Å². The summed E-state index contributed by atoms with van der Waals surface area (Å²) in [6, 6.07) is 92.0. The smallest absolute Gasteiger partial charge is 0.253 e. The molecule has 0 atom stereocenters. The highest BCUT2D eigenvalue weighted by molar-refractivity contribution is 7.02. The second-order valence-corrected chi connectivity index (χ2v) is 21.4. The Morgan fingerprint density at radius 2 is 0.724 bits per heavy atom. The first-order chi connectivity index (χ1) is 37.8. The van der Waals surface area contributed by atoms with Gasteiger partial charge in [0, 0.05) is 54.9 Å². The van der Waals surface area contributed by atoms with Gasteiger partial charge in [-0.05, 0) is 153 Å². The van der Waals surface area contributed by atoms with Crippen molar-refractivity contribution in [3.05, 3.63) is 243 Å². The van der Waals surface area contributed by atoms with Gasteiger partial charge < -0.3 is 13.7 Å². The minimum Gasteiger partial charge on any atom is -0.310 e. The fraction of sp³-hybridized carbons (Fsp3) is 0. The van der Waals surface area contributed by atoms with Gasteiger partial charge in [-0.1, -0.05) is 182 Å². The van der Waals surface area contributed by atoms with Crippen molar-refractivity contribution in [2.45, 2.75) is 0 Å². The van der Waals surface area contributed by atoms with Crippen molar-refractivity contribution in [1.82, 2.24) is 13.7 Å². The number of aromatic nitrogens is 3. The van der Waals surface area contributed by atoms with Gasteiger partial charge in [-0.3, -0.25) is 0 Å². The molecule has 2 aliphatic rings. The normalized spacial score (nSPS) is 13.0. The van der Waals surface area contributed by atoms with E-state index < -0.39 is 0 Å². The van der Waals surface area contributed by atoms with Crippen molar-refractivity contribution in [2.75, 3.05) is 0 Å². The van der Waals surface area contributed by atoms with Gasteiger partial charge in [0.2, 0.25) is 0 Å². The Labute approximate surface area is 435 Å². The summed E-state index contributed by atoms with van der Waals surface area (Å²) in [5.41, 5.74) is 17.7. The molecule has 76 heavy (non-hydrogen) atoms. The topological polar surface area (TPSA) is 14.8 Å². The van der Waals surface area contributed by atoms with Gasteiger partial charge in [0.15, 0.2) is 0 Å². The summed E-state index contributed by atoms with van der Waals surface area (Å²) in [4.78, 5) is 0. The lowest BCUT2D eigenvalue weighted by Crippen LogP contribution is -2.59. The van der Waals surface area contributed by atoms with Gasteiger partial charge in [-0.25, -0.2) is 0 Å². The quantitative estimate of drug-likeness (QED) is 0.121. The number of rotatable bonds is 2. The maximum Gasteiger partial charge on any atom is 0.253 e. The highest BCUT2D eigenvalue weighted by Gasteiger charge is 2.43. The second-order valence-electron chi connectivity index (χ2n) is 21.4. The fourth-order valence-electron chi connectivity index (χ4n) is 15.1. The summed E-state index contributed by atoms with van der Waals surface area (Å²) in [6.45, 7) is -0.0628. The molecular weight excluding hydrogens is 918 g/mol. The molecule has 0 unspecified atom stereocenters. The molecule has 3 nitrogen and oxygen atoms in total. The summed E-state index contributed by atoms with van der Waals surface area (Å²) in [6.07, 6.45) is 0. The average Bonchev–Trinajstić information content (AvgIpc) is 4.32. The zero-order chi connectivity index (χ0) is 49.1. The molecule has 0 bridgehead atoms. The number of nitrogens with zero attached hydrogens (tertiary/aromatic N) is 3. The molecule has 346 valence electrons. The molecule has 4 heteroatoms. The minimum atomic E-state index is -0.0628. The molecule has 14 aromatic carbocycles. The number of hydrogen-bond acceptors (Lipinski definition) is 0. The van der Waals surface area contributed by atoms with E-state index in [2.05, 4.69) is 256 Å². The van der Waals surface area contributed by atoms with E-state index >= 15 is 0 Å². The Kier molecular flexibility index (Phi) is 7.31. The Hall–Kier alpha value is -9.90. The van der Waals surface area contributed by atoms with E-state index in [1.807, 2.05) is 0 Å². The molecule has 0 fully saturated rings. The summed E-state index contributed by atoms with van der Waals surface area (Å²) >= 11 is 0. The van der Waals surface area contributed by atoms with Crippen molar-refractivity contribution < 1.29 is 0 Å². The first-order valence-corrected chi connectivity index (χ1v) is 26.6. The molecule has 2 aliphatic heterocycles. The van der Waals surface area contributed by atoms with Gasteiger partial charge in [0.05, 0.1) is 27.6 Å². The molecule has 0 saturated carbocycles. The third kappa shape index (κ3) is 4.74. The average molecular weight is 958 g/mol.